The van der Waals surface area contributed by atoms with Crippen LogP contribution in [0.5, 0.6) is 0 Å². The van der Waals surface area contributed by atoms with Crippen LogP contribution in [0.1, 0.15) is 10.4 Å². The Balaban J connectivity index is 2.43. The van der Waals surface area contributed by atoms with Crippen molar-refractivity contribution in [1.82, 2.24) is 4.98 Å². The predicted molar refractivity (Wildman–Crippen MR) is 80.0 cm³/mol. The van der Waals surface area contributed by atoms with Gasteiger partial charge in [-0.15, -0.1) is 0 Å². The lowest BCUT2D eigenvalue weighted by Crippen LogP contribution is -2.36. The minimum absolute atomic E-state index is 0.125. The van der Waals surface area contributed by atoms with Crippen molar-refractivity contribution >= 4 is 40.8 Å². The number of carbonyl (C=O) groups excluding carboxylic acids is 1. The molecule has 0 saturated heterocycles. The number of rotatable bonds is 4. The first-order valence-corrected chi connectivity index (χ1v) is 6.63. The second kappa shape index (κ2) is 6.56. The molecule has 7 heteroatoms. The lowest BCUT2D eigenvalue weighted by molar-refractivity contribution is -0.135. The lowest BCUT2D eigenvalue weighted by atomic mass is 10.2. The number of hydrogen-bond acceptors (Lipinski definition) is 3. The van der Waals surface area contributed by atoms with Crippen molar-refractivity contribution < 1.29 is 14.7 Å². The molecule has 0 unspecified atom stereocenters. The molecule has 0 bridgehead atoms. The quantitative estimate of drug-likeness (QED) is 0.937. The van der Waals surface area contributed by atoms with E-state index in [9.17, 15) is 9.59 Å². The van der Waals surface area contributed by atoms with E-state index in [0.717, 1.165) is 4.90 Å². The van der Waals surface area contributed by atoms with Gasteiger partial charge in [0, 0.05) is 23.1 Å². The molecule has 1 aromatic heterocycles. The van der Waals surface area contributed by atoms with Gasteiger partial charge in [0.1, 0.15) is 6.54 Å². The van der Waals surface area contributed by atoms with E-state index in [4.69, 9.17) is 28.3 Å². The number of benzene rings is 1. The van der Waals surface area contributed by atoms with Crippen LogP contribution in [0.3, 0.4) is 0 Å². The third-order valence-corrected chi connectivity index (χ3v) is 3.22. The van der Waals surface area contributed by atoms with Crippen molar-refractivity contribution in [2.24, 2.45) is 0 Å². The summed E-state index contributed by atoms with van der Waals surface area (Å²) in [5.41, 5.74) is 0.496. The summed E-state index contributed by atoms with van der Waals surface area (Å²) in [7, 11) is 0. The van der Waals surface area contributed by atoms with Gasteiger partial charge in [0.05, 0.1) is 10.6 Å². The third kappa shape index (κ3) is 3.71. The zero-order valence-electron chi connectivity index (χ0n) is 10.7. The molecule has 2 aromatic rings. The lowest BCUT2D eigenvalue weighted by Gasteiger charge is -2.21. The smallest absolute Gasteiger partial charge is 0.323 e. The average molecular weight is 325 g/mol. The fourth-order valence-electron chi connectivity index (χ4n) is 1.74. The minimum Gasteiger partial charge on any atom is -0.480 e. The van der Waals surface area contributed by atoms with E-state index in [1.54, 1.807) is 18.2 Å². The summed E-state index contributed by atoms with van der Waals surface area (Å²) in [5, 5.41) is 9.60. The van der Waals surface area contributed by atoms with Crippen LogP contribution in [-0.2, 0) is 4.79 Å². The normalized spacial score (nSPS) is 10.2. The SMILES string of the molecule is O=C(O)CN(C(=O)c1cnccc1Cl)c1cccc(Cl)c1. The first-order chi connectivity index (χ1) is 9.99. The summed E-state index contributed by atoms with van der Waals surface area (Å²) in [6.45, 7) is -0.510. The number of aliphatic carboxylic acids is 1. The van der Waals surface area contributed by atoms with E-state index in [1.807, 2.05) is 0 Å². The number of carbonyl (C=O) groups is 2. The number of carboxylic acids is 1. The Morgan fingerprint density at radius 3 is 2.62 bits per heavy atom. The first kappa shape index (κ1) is 15.3. The molecule has 0 aliphatic heterocycles. The monoisotopic (exact) mass is 324 g/mol. The molecule has 0 radical (unpaired) electrons. The largest absolute Gasteiger partial charge is 0.480 e. The number of carboxylic acid groups (broad SMARTS) is 1. The molecular formula is C14H10Cl2N2O3. The van der Waals surface area contributed by atoms with Crippen LogP contribution in [0, 0.1) is 0 Å². The Labute approximate surface area is 130 Å². The second-order valence-corrected chi connectivity index (χ2v) is 4.96. The number of anilines is 1. The van der Waals surface area contributed by atoms with Gasteiger partial charge in [-0.3, -0.25) is 19.5 Å². The van der Waals surface area contributed by atoms with Crippen LogP contribution in [0.2, 0.25) is 10.0 Å². The van der Waals surface area contributed by atoms with Crippen LogP contribution >= 0.6 is 23.2 Å². The number of nitrogens with zero attached hydrogens (tertiary/aromatic N) is 2. The molecule has 5 nitrogen and oxygen atoms in total. The van der Waals surface area contributed by atoms with Crippen molar-refractivity contribution in [3.05, 3.63) is 58.3 Å². The van der Waals surface area contributed by atoms with Crippen LogP contribution in [0.4, 0.5) is 5.69 Å². The number of hydrogen-bond donors (Lipinski definition) is 1. The van der Waals surface area contributed by atoms with E-state index in [2.05, 4.69) is 4.98 Å². The molecule has 1 aromatic carbocycles. The molecule has 0 spiro atoms. The maximum atomic E-state index is 12.5. The number of halogens is 2. The van der Waals surface area contributed by atoms with Gasteiger partial charge in [0.15, 0.2) is 0 Å². The van der Waals surface area contributed by atoms with Crippen LogP contribution in [0.15, 0.2) is 42.7 Å². The Morgan fingerprint density at radius 2 is 2.00 bits per heavy atom. The topological polar surface area (TPSA) is 70.5 Å². The van der Waals surface area contributed by atoms with Crippen molar-refractivity contribution in [2.45, 2.75) is 0 Å². The van der Waals surface area contributed by atoms with Gasteiger partial charge in [-0.2, -0.15) is 0 Å². The molecule has 1 amide bonds. The first-order valence-electron chi connectivity index (χ1n) is 5.88. The highest BCUT2D eigenvalue weighted by atomic mass is 35.5. The summed E-state index contributed by atoms with van der Waals surface area (Å²) in [6.07, 6.45) is 2.74. The molecule has 0 aliphatic carbocycles. The molecule has 1 N–H and O–H groups in total. The van der Waals surface area contributed by atoms with Crippen molar-refractivity contribution in [3.8, 4) is 0 Å². The predicted octanol–water partition coefficient (Wildman–Crippen LogP) is 3.12. The maximum Gasteiger partial charge on any atom is 0.323 e. The van der Waals surface area contributed by atoms with E-state index < -0.39 is 18.4 Å². The molecule has 1 heterocycles. The zero-order valence-corrected chi connectivity index (χ0v) is 12.2. The van der Waals surface area contributed by atoms with Crippen molar-refractivity contribution in [1.29, 1.82) is 0 Å². The fourth-order valence-corrected chi connectivity index (χ4v) is 2.11. The fraction of sp³-hybridized carbons (Fsp3) is 0.0714. The van der Waals surface area contributed by atoms with E-state index in [1.165, 1.54) is 24.5 Å². The van der Waals surface area contributed by atoms with Gasteiger partial charge < -0.3 is 5.11 Å². The average Bonchev–Trinajstić information content (AvgIpc) is 2.44. The molecule has 108 valence electrons. The van der Waals surface area contributed by atoms with Gasteiger partial charge in [0.25, 0.3) is 5.91 Å². The van der Waals surface area contributed by atoms with Gasteiger partial charge >= 0.3 is 5.97 Å². The maximum absolute atomic E-state index is 12.5. The molecule has 0 fully saturated rings. The Hall–Kier alpha value is -2.11. The number of amides is 1. The molecule has 21 heavy (non-hydrogen) atoms. The van der Waals surface area contributed by atoms with Gasteiger partial charge in [0.2, 0.25) is 0 Å². The van der Waals surface area contributed by atoms with Crippen LogP contribution in [0.25, 0.3) is 0 Å². The van der Waals surface area contributed by atoms with E-state index >= 15 is 0 Å². The summed E-state index contributed by atoms with van der Waals surface area (Å²) < 4.78 is 0. The zero-order chi connectivity index (χ0) is 15.4. The molecular weight excluding hydrogens is 315 g/mol. The van der Waals surface area contributed by atoms with Crippen LogP contribution < -0.4 is 4.90 Å². The highest BCUT2D eigenvalue weighted by Gasteiger charge is 2.22. The third-order valence-electron chi connectivity index (χ3n) is 2.66. The van der Waals surface area contributed by atoms with E-state index in [0.29, 0.717) is 10.7 Å². The molecule has 0 atom stereocenters. The second-order valence-electron chi connectivity index (χ2n) is 4.12. The van der Waals surface area contributed by atoms with Crippen molar-refractivity contribution in [2.75, 3.05) is 11.4 Å². The molecule has 0 saturated carbocycles. The van der Waals surface area contributed by atoms with Crippen LogP contribution in [-0.4, -0.2) is 28.5 Å². The Kier molecular flexibility index (Phi) is 4.77. The summed E-state index contributed by atoms with van der Waals surface area (Å²) >= 11 is 11.8. The Morgan fingerprint density at radius 1 is 1.24 bits per heavy atom. The van der Waals surface area contributed by atoms with Gasteiger partial charge in [-0.05, 0) is 24.3 Å². The minimum atomic E-state index is -1.15. The summed E-state index contributed by atoms with van der Waals surface area (Å²) in [6, 6.07) is 7.82. The highest BCUT2D eigenvalue weighted by Crippen LogP contribution is 2.23. The Bertz CT molecular complexity index is 691. The molecule has 2 rings (SSSR count). The van der Waals surface area contributed by atoms with Crippen molar-refractivity contribution in [3.63, 3.8) is 0 Å². The number of aromatic nitrogens is 1. The molecule has 0 aliphatic rings. The highest BCUT2D eigenvalue weighted by molar-refractivity contribution is 6.34. The van der Waals surface area contributed by atoms with Gasteiger partial charge in [-0.1, -0.05) is 29.3 Å². The summed E-state index contributed by atoms with van der Waals surface area (Å²) in [4.78, 5) is 28.4. The number of pyridine rings is 1. The summed E-state index contributed by atoms with van der Waals surface area (Å²) in [5.74, 6) is -1.71. The van der Waals surface area contributed by atoms with Gasteiger partial charge in [-0.25, -0.2) is 0 Å². The standard InChI is InChI=1S/C14H10Cl2N2O3/c15-9-2-1-3-10(6-9)18(8-13(19)20)14(21)11-7-17-5-4-12(11)16/h1-7H,8H2,(H,19,20). The van der Waals surface area contributed by atoms with E-state index in [-0.39, 0.29) is 10.6 Å².